The van der Waals surface area contributed by atoms with E-state index in [1.165, 1.54) is 5.56 Å². The predicted octanol–water partition coefficient (Wildman–Crippen LogP) is 2.32. The molecule has 1 aromatic heterocycles. The lowest BCUT2D eigenvalue weighted by Gasteiger charge is -2.17. The van der Waals surface area contributed by atoms with E-state index in [4.69, 9.17) is 10.5 Å². The zero-order valence-electron chi connectivity index (χ0n) is 11.4. The van der Waals surface area contributed by atoms with Gasteiger partial charge in [0.2, 0.25) is 0 Å². The molecule has 0 aliphatic carbocycles. The Bertz CT molecular complexity index is 559. The third kappa shape index (κ3) is 3.08. The van der Waals surface area contributed by atoms with Gasteiger partial charge in [0.05, 0.1) is 11.9 Å². The lowest BCUT2D eigenvalue weighted by Crippen LogP contribution is -2.24. The van der Waals surface area contributed by atoms with Crippen molar-refractivity contribution in [1.29, 1.82) is 0 Å². The van der Waals surface area contributed by atoms with Crippen molar-refractivity contribution in [3.63, 3.8) is 0 Å². The van der Waals surface area contributed by atoms with Gasteiger partial charge in [-0.25, -0.2) is 0 Å². The maximum absolute atomic E-state index is 5.97. The van der Waals surface area contributed by atoms with Crippen LogP contribution in [0, 0.1) is 0 Å². The molecular weight excluding hydrogens is 250 g/mol. The van der Waals surface area contributed by atoms with Gasteiger partial charge in [0.25, 0.3) is 0 Å². The minimum Gasteiger partial charge on any atom is -0.487 e. The summed E-state index contributed by atoms with van der Waals surface area (Å²) in [6, 6.07) is 12.4. The van der Waals surface area contributed by atoms with Gasteiger partial charge in [-0.3, -0.25) is 9.88 Å². The molecule has 0 bridgehead atoms. The largest absolute Gasteiger partial charge is 0.487 e. The van der Waals surface area contributed by atoms with Gasteiger partial charge in [-0.1, -0.05) is 30.3 Å². The molecule has 1 fully saturated rings. The molecule has 0 amide bonds. The Morgan fingerprint density at radius 2 is 2.10 bits per heavy atom. The molecule has 4 nitrogen and oxygen atoms in total. The van der Waals surface area contributed by atoms with Crippen molar-refractivity contribution in [1.82, 2.24) is 9.88 Å². The summed E-state index contributed by atoms with van der Waals surface area (Å²) in [4.78, 5) is 6.39. The van der Waals surface area contributed by atoms with Gasteiger partial charge in [-0.2, -0.15) is 0 Å². The molecule has 4 heteroatoms. The number of nitrogens with two attached hydrogens (primary N) is 1. The summed E-state index contributed by atoms with van der Waals surface area (Å²) in [6.07, 6.45) is 4.59. The molecular formula is C16H19N3O. The number of aromatic nitrogens is 1. The molecule has 1 aromatic carbocycles. The summed E-state index contributed by atoms with van der Waals surface area (Å²) in [5.41, 5.74) is 7.81. The Morgan fingerprint density at radius 1 is 1.25 bits per heavy atom. The summed E-state index contributed by atoms with van der Waals surface area (Å²) in [5, 5.41) is 0. The van der Waals surface area contributed by atoms with Gasteiger partial charge >= 0.3 is 0 Å². The number of nitrogens with zero attached hydrogens (tertiary/aromatic N) is 2. The molecule has 1 unspecified atom stereocenters. The van der Waals surface area contributed by atoms with E-state index >= 15 is 0 Å². The fraction of sp³-hybridized carbons (Fsp3) is 0.312. The molecule has 0 radical (unpaired) electrons. The van der Waals surface area contributed by atoms with Gasteiger partial charge in [0.1, 0.15) is 11.9 Å². The van der Waals surface area contributed by atoms with E-state index in [0.717, 1.165) is 31.8 Å². The molecule has 3 rings (SSSR count). The van der Waals surface area contributed by atoms with Crippen molar-refractivity contribution in [3.05, 3.63) is 54.4 Å². The van der Waals surface area contributed by atoms with E-state index in [1.54, 1.807) is 12.4 Å². The summed E-state index contributed by atoms with van der Waals surface area (Å²) >= 11 is 0. The zero-order valence-corrected chi connectivity index (χ0v) is 11.4. The average molecular weight is 269 g/mol. The van der Waals surface area contributed by atoms with Crippen molar-refractivity contribution < 1.29 is 4.74 Å². The summed E-state index contributed by atoms with van der Waals surface area (Å²) in [5.74, 6) is 0.742. The fourth-order valence-electron chi connectivity index (χ4n) is 2.56. The van der Waals surface area contributed by atoms with Gasteiger partial charge in [0.15, 0.2) is 0 Å². The smallest absolute Gasteiger partial charge is 0.145 e. The van der Waals surface area contributed by atoms with Crippen LogP contribution in [0.2, 0.25) is 0 Å². The molecule has 20 heavy (non-hydrogen) atoms. The second-order valence-corrected chi connectivity index (χ2v) is 5.16. The van der Waals surface area contributed by atoms with E-state index in [-0.39, 0.29) is 6.10 Å². The lowest BCUT2D eigenvalue weighted by molar-refractivity contribution is 0.199. The van der Waals surface area contributed by atoms with E-state index in [9.17, 15) is 0 Å². The van der Waals surface area contributed by atoms with Crippen LogP contribution >= 0.6 is 0 Å². The van der Waals surface area contributed by atoms with Crippen LogP contribution in [-0.4, -0.2) is 29.1 Å². The van der Waals surface area contributed by atoms with Crippen LogP contribution in [0.4, 0.5) is 5.69 Å². The summed E-state index contributed by atoms with van der Waals surface area (Å²) in [7, 11) is 0. The topological polar surface area (TPSA) is 51.4 Å². The Hall–Kier alpha value is -2.07. The minimum atomic E-state index is 0.211. The van der Waals surface area contributed by atoms with Crippen LogP contribution in [-0.2, 0) is 6.54 Å². The van der Waals surface area contributed by atoms with Gasteiger partial charge in [0, 0.05) is 31.9 Å². The first-order valence-electron chi connectivity index (χ1n) is 6.93. The summed E-state index contributed by atoms with van der Waals surface area (Å²) in [6.45, 7) is 2.98. The first-order chi connectivity index (χ1) is 9.81. The van der Waals surface area contributed by atoms with Crippen LogP contribution in [0.25, 0.3) is 0 Å². The molecule has 0 saturated carbocycles. The van der Waals surface area contributed by atoms with E-state index < -0.39 is 0 Å². The molecule has 2 heterocycles. The van der Waals surface area contributed by atoms with E-state index in [2.05, 4.69) is 34.1 Å². The first-order valence-corrected chi connectivity index (χ1v) is 6.93. The second kappa shape index (κ2) is 5.92. The van der Waals surface area contributed by atoms with Crippen LogP contribution in [0.1, 0.15) is 12.0 Å². The van der Waals surface area contributed by atoms with E-state index in [0.29, 0.717) is 5.69 Å². The average Bonchev–Trinajstić information content (AvgIpc) is 2.90. The van der Waals surface area contributed by atoms with E-state index in [1.807, 2.05) is 12.1 Å². The first kappa shape index (κ1) is 12.9. The minimum absolute atomic E-state index is 0.211. The second-order valence-electron chi connectivity index (χ2n) is 5.16. The van der Waals surface area contributed by atoms with Gasteiger partial charge in [-0.05, 0) is 12.0 Å². The maximum atomic E-state index is 5.97. The normalized spacial score (nSPS) is 19.1. The Kier molecular flexibility index (Phi) is 3.83. The molecule has 1 atom stereocenters. The summed E-state index contributed by atoms with van der Waals surface area (Å²) < 4.78 is 5.97. The number of hydrogen-bond acceptors (Lipinski definition) is 4. The Morgan fingerprint density at radius 3 is 2.90 bits per heavy atom. The highest BCUT2D eigenvalue weighted by atomic mass is 16.5. The number of nitrogen functional groups attached to an aromatic ring is 1. The van der Waals surface area contributed by atoms with Crippen LogP contribution < -0.4 is 10.5 Å². The molecule has 1 saturated heterocycles. The number of benzene rings is 1. The molecule has 0 spiro atoms. The zero-order chi connectivity index (χ0) is 13.8. The Balaban J connectivity index is 1.56. The molecule has 1 aliphatic heterocycles. The number of pyridine rings is 1. The predicted molar refractivity (Wildman–Crippen MR) is 79.4 cm³/mol. The van der Waals surface area contributed by atoms with Crippen molar-refractivity contribution in [2.24, 2.45) is 0 Å². The monoisotopic (exact) mass is 269 g/mol. The highest BCUT2D eigenvalue weighted by Crippen LogP contribution is 2.24. The molecule has 104 valence electrons. The van der Waals surface area contributed by atoms with Crippen molar-refractivity contribution in [2.75, 3.05) is 18.8 Å². The third-order valence-corrected chi connectivity index (χ3v) is 3.58. The fourth-order valence-corrected chi connectivity index (χ4v) is 2.56. The van der Waals surface area contributed by atoms with Crippen molar-refractivity contribution in [3.8, 4) is 5.75 Å². The van der Waals surface area contributed by atoms with Gasteiger partial charge < -0.3 is 10.5 Å². The number of likely N-dealkylation sites (tertiary alicyclic amines) is 1. The Labute approximate surface area is 119 Å². The highest BCUT2D eigenvalue weighted by molar-refractivity contribution is 5.49. The molecule has 1 aliphatic rings. The number of rotatable bonds is 4. The molecule has 2 aromatic rings. The van der Waals surface area contributed by atoms with Crippen molar-refractivity contribution in [2.45, 2.75) is 19.1 Å². The van der Waals surface area contributed by atoms with Crippen LogP contribution in [0.5, 0.6) is 5.75 Å². The third-order valence-electron chi connectivity index (χ3n) is 3.58. The highest BCUT2D eigenvalue weighted by Gasteiger charge is 2.24. The number of hydrogen-bond donors (Lipinski definition) is 1. The number of ether oxygens (including phenoxy) is 1. The standard InChI is InChI=1S/C16H19N3O/c17-15-10-18-8-6-16(15)20-14-7-9-19(12-14)11-13-4-2-1-3-5-13/h1-6,8,10,14H,7,9,11-12,17H2. The van der Waals surface area contributed by atoms with Gasteiger partial charge in [-0.15, -0.1) is 0 Å². The maximum Gasteiger partial charge on any atom is 0.145 e. The lowest BCUT2D eigenvalue weighted by atomic mass is 10.2. The van der Waals surface area contributed by atoms with Crippen molar-refractivity contribution >= 4 is 5.69 Å². The number of anilines is 1. The van der Waals surface area contributed by atoms with Crippen LogP contribution in [0.15, 0.2) is 48.8 Å². The SMILES string of the molecule is Nc1cnccc1OC1CCN(Cc2ccccc2)C1. The van der Waals surface area contributed by atoms with Crippen LogP contribution in [0.3, 0.4) is 0 Å². The molecule has 2 N–H and O–H groups in total. The quantitative estimate of drug-likeness (QED) is 0.925.